The Hall–Kier alpha value is -2.33. The van der Waals surface area contributed by atoms with Crippen molar-refractivity contribution in [1.82, 2.24) is 14.9 Å². The molecule has 0 unspecified atom stereocenters. The molecule has 3 rings (SSSR count). The van der Waals surface area contributed by atoms with E-state index in [0.717, 1.165) is 44.9 Å². The number of carbonyl (C=O) groups excluding carboxylic acids is 2. The van der Waals surface area contributed by atoms with Gasteiger partial charge < -0.3 is 19.7 Å². The highest BCUT2D eigenvalue weighted by atomic mass is 32.2. The molecule has 0 spiro atoms. The monoisotopic (exact) mass is 495 g/mol. The molecular weight excluding hydrogens is 458 g/mol. The van der Waals surface area contributed by atoms with Crippen LogP contribution in [0.1, 0.15) is 76.1 Å². The number of ether oxygens (including phenoxy) is 2. The maximum absolute atomic E-state index is 13.4. The second kappa shape index (κ2) is 10.9. The lowest BCUT2D eigenvalue weighted by Gasteiger charge is -2.36. The minimum atomic E-state index is -3.84. The van der Waals surface area contributed by atoms with Crippen LogP contribution in [-0.2, 0) is 14.8 Å². The molecular formula is C24H37N3O6S. The van der Waals surface area contributed by atoms with Crippen LogP contribution in [-0.4, -0.2) is 63.2 Å². The van der Waals surface area contributed by atoms with Crippen molar-refractivity contribution >= 4 is 22.0 Å². The molecule has 1 aromatic rings. The van der Waals surface area contributed by atoms with Crippen LogP contribution in [0.4, 0.5) is 4.79 Å². The Bertz CT molecular complexity index is 983. The quantitative estimate of drug-likeness (QED) is 0.599. The average molecular weight is 496 g/mol. The molecule has 1 aliphatic carbocycles. The van der Waals surface area contributed by atoms with Gasteiger partial charge in [-0.1, -0.05) is 12.8 Å². The van der Waals surface area contributed by atoms with Crippen LogP contribution in [0.15, 0.2) is 23.1 Å². The third-order valence-corrected chi connectivity index (χ3v) is 7.69. The molecule has 1 heterocycles. The van der Waals surface area contributed by atoms with Gasteiger partial charge in [-0.25, -0.2) is 17.9 Å². The fourth-order valence-electron chi connectivity index (χ4n) is 4.51. The molecule has 1 saturated carbocycles. The van der Waals surface area contributed by atoms with E-state index in [0.29, 0.717) is 6.54 Å². The zero-order valence-corrected chi connectivity index (χ0v) is 21.4. The second-order valence-electron chi connectivity index (χ2n) is 10.00. The number of nitrogens with zero attached hydrogens (tertiary/aromatic N) is 1. The molecule has 0 bridgehead atoms. The zero-order valence-electron chi connectivity index (χ0n) is 20.6. The first kappa shape index (κ1) is 26.3. The Labute approximate surface area is 202 Å². The van der Waals surface area contributed by atoms with Crippen LogP contribution in [0.5, 0.6) is 5.75 Å². The minimum Gasteiger partial charge on any atom is -0.495 e. The zero-order chi connectivity index (χ0) is 24.9. The third kappa shape index (κ3) is 6.85. The molecule has 34 heavy (non-hydrogen) atoms. The lowest BCUT2D eigenvalue weighted by molar-refractivity contribution is 0.0462. The van der Waals surface area contributed by atoms with Gasteiger partial charge >= 0.3 is 6.09 Å². The van der Waals surface area contributed by atoms with Crippen molar-refractivity contribution in [3.05, 3.63) is 23.8 Å². The SMILES string of the molecule is COc1ccc(C(=O)N2CCCC[C@H]2CNC(=O)OC(C)(C)C)cc1S(=O)(=O)NC1CCCC1. The number of rotatable bonds is 7. The first-order chi connectivity index (χ1) is 16.0. The fraction of sp³-hybridized carbons (Fsp3) is 0.667. The largest absolute Gasteiger partial charge is 0.495 e. The Balaban J connectivity index is 1.77. The Morgan fingerprint density at radius 3 is 2.41 bits per heavy atom. The predicted molar refractivity (Wildman–Crippen MR) is 128 cm³/mol. The van der Waals surface area contributed by atoms with E-state index in [9.17, 15) is 18.0 Å². The third-order valence-electron chi connectivity index (χ3n) is 6.15. The number of benzene rings is 1. The molecule has 0 aromatic heterocycles. The normalized spacial score (nSPS) is 19.6. The summed E-state index contributed by atoms with van der Waals surface area (Å²) < 4.78 is 39.6. The van der Waals surface area contributed by atoms with Gasteiger partial charge in [0.1, 0.15) is 16.2 Å². The number of sulfonamides is 1. The van der Waals surface area contributed by atoms with Gasteiger partial charge in [-0.05, 0) is 71.1 Å². The van der Waals surface area contributed by atoms with Gasteiger partial charge in [0.15, 0.2) is 0 Å². The molecule has 1 saturated heterocycles. The summed E-state index contributed by atoms with van der Waals surface area (Å²) in [6.45, 7) is 6.18. The number of methoxy groups -OCH3 is 1. The predicted octanol–water partition coefficient (Wildman–Crippen LogP) is 3.44. The van der Waals surface area contributed by atoms with E-state index in [1.807, 2.05) is 0 Å². The van der Waals surface area contributed by atoms with Gasteiger partial charge in [-0.15, -0.1) is 0 Å². The number of nitrogens with one attached hydrogen (secondary N) is 2. The topological polar surface area (TPSA) is 114 Å². The molecule has 2 amide bonds. The van der Waals surface area contributed by atoms with Crippen LogP contribution < -0.4 is 14.8 Å². The molecule has 10 heteroatoms. The summed E-state index contributed by atoms with van der Waals surface area (Å²) in [5.41, 5.74) is -0.333. The summed E-state index contributed by atoms with van der Waals surface area (Å²) in [5, 5.41) is 2.76. The fourth-order valence-corrected chi connectivity index (χ4v) is 6.01. The number of likely N-dealkylation sites (tertiary alicyclic amines) is 1. The number of amides is 2. The molecule has 1 aromatic carbocycles. The smallest absolute Gasteiger partial charge is 0.407 e. The van der Waals surface area contributed by atoms with Gasteiger partial charge in [-0.3, -0.25) is 4.79 Å². The summed E-state index contributed by atoms with van der Waals surface area (Å²) in [5.74, 6) is -0.0699. The van der Waals surface area contributed by atoms with Crippen LogP contribution in [0, 0.1) is 0 Å². The van der Waals surface area contributed by atoms with E-state index >= 15 is 0 Å². The van der Waals surface area contributed by atoms with Crippen molar-refractivity contribution in [3.8, 4) is 5.75 Å². The van der Waals surface area contributed by atoms with E-state index in [1.165, 1.54) is 19.2 Å². The summed E-state index contributed by atoms with van der Waals surface area (Å²) in [6, 6.07) is 4.20. The molecule has 2 aliphatic rings. The Morgan fingerprint density at radius 1 is 1.09 bits per heavy atom. The van der Waals surface area contributed by atoms with E-state index in [-0.39, 0.29) is 40.7 Å². The van der Waals surface area contributed by atoms with E-state index in [2.05, 4.69) is 10.0 Å². The number of hydrogen-bond donors (Lipinski definition) is 2. The first-order valence-corrected chi connectivity index (χ1v) is 13.5. The van der Waals surface area contributed by atoms with E-state index in [1.54, 1.807) is 31.7 Å². The van der Waals surface area contributed by atoms with Crippen LogP contribution in [0.25, 0.3) is 0 Å². The van der Waals surface area contributed by atoms with Crippen molar-refractivity contribution in [3.63, 3.8) is 0 Å². The van der Waals surface area contributed by atoms with Gasteiger partial charge in [0, 0.05) is 30.7 Å². The second-order valence-corrected chi connectivity index (χ2v) is 11.7. The van der Waals surface area contributed by atoms with Crippen LogP contribution in [0.2, 0.25) is 0 Å². The van der Waals surface area contributed by atoms with Crippen molar-refractivity contribution in [1.29, 1.82) is 0 Å². The molecule has 2 N–H and O–H groups in total. The number of carbonyl (C=O) groups is 2. The van der Waals surface area contributed by atoms with Gasteiger partial charge in [0.25, 0.3) is 5.91 Å². The molecule has 1 atom stereocenters. The van der Waals surface area contributed by atoms with Gasteiger partial charge in [0.05, 0.1) is 7.11 Å². The maximum Gasteiger partial charge on any atom is 0.407 e. The van der Waals surface area contributed by atoms with Crippen molar-refractivity contribution < 1.29 is 27.5 Å². The Kier molecular flexibility index (Phi) is 8.46. The van der Waals surface area contributed by atoms with E-state index < -0.39 is 21.7 Å². The van der Waals surface area contributed by atoms with Crippen LogP contribution in [0.3, 0.4) is 0 Å². The number of alkyl carbamates (subject to hydrolysis) is 1. The molecule has 1 aliphatic heterocycles. The summed E-state index contributed by atoms with van der Waals surface area (Å²) in [7, 11) is -2.43. The first-order valence-electron chi connectivity index (χ1n) is 12.0. The van der Waals surface area contributed by atoms with Crippen molar-refractivity contribution in [2.24, 2.45) is 0 Å². The highest BCUT2D eigenvalue weighted by Gasteiger charge is 2.31. The van der Waals surface area contributed by atoms with Gasteiger partial charge in [-0.2, -0.15) is 0 Å². The average Bonchev–Trinajstić information content (AvgIpc) is 3.28. The van der Waals surface area contributed by atoms with Crippen LogP contribution >= 0.6 is 0 Å². The highest BCUT2D eigenvalue weighted by molar-refractivity contribution is 7.89. The molecule has 190 valence electrons. The minimum absolute atomic E-state index is 0.0341. The van der Waals surface area contributed by atoms with Crippen molar-refractivity contribution in [2.75, 3.05) is 20.2 Å². The summed E-state index contributed by atoms with van der Waals surface area (Å²) in [4.78, 5) is 27.2. The lowest BCUT2D eigenvalue weighted by Crippen LogP contribution is -2.50. The van der Waals surface area contributed by atoms with E-state index in [4.69, 9.17) is 9.47 Å². The summed E-state index contributed by atoms with van der Waals surface area (Å²) in [6.07, 6.45) is 5.61. The summed E-state index contributed by atoms with van der Waals surface area (Å²) >= 11 is 0. The lowest BCUT2D eigenvalue weighted by atomic mass is 10.0. The highest BCUT2D eigenvalue weighted by Crippen LogP contribution is 2.29. The number of piperidine rings is 1. The molecule has 0 radical (unpaired) electrons. The maximum atomic E-state index is 13.4. The van der Waals surface area contributed by atoms with Gasteiger partial charge in [0.2, 0.25) is 10.0 Å². The number of hydrogen-bond acceptors (Lipinski definition) is 6. The standard InChI is InChI=1S/C24H37N3O6S/c1-24(2,3)33-23(29)25-16-19-11-7-8-14-27(19)22(28)17-12-13-20(32-4)21(15-17)34(30,31)26-18-9-5-6-10-18/h12-13,15,18-19,26H,5-11,14,16H2,1-4H3,(H,25,29)/t19-/m0/s1. The Morgan fingerprint density at radius 2 is 1.76 bits per heavy atom. The van der Waals surface area contributed by atoms with Crippen molar-refractivity contribution in [2.45, 2.75) is 88.3 Å². The molecule has 9 nitrogen and oxygen atoms in total. The molecule has 2 fully saturated rings.